The number of rotatable bonds is 11. The highest BCUT2D eigenvalue weighted by Gasteiger charge is 2.08. The SMILES string of the molecule is CC(C)COCCCNC(=NCc1ccc(S(N)(=O)=O)cc1)NCC(=O)N(C)C. The van der Waals surface area contributed by atoms with Crippen molar-refractivity contribution in [2.24, 2.45) is 16.0 Å². The minimum Gasteiger partial charge on any atom is -0.381 e. The summed E-state index contributed by atoms with van der Waals surface area (Å²) < 4.78 is 28.2. The van der Waals surface area contributed by atoms with Crippen molar-refractivity contribution in [1.29, 1.82) is 0 Å². The second-order valence-electron chi connectivity index (χ2n) is 7.24. The molecule has 0 aliphatic carbocycles. The van der Waals surface area contributed by atoms with E-state index in [1.54, 1.807) is 26.2 Å². The number of hydrogen-bond acceptors (Lipinski definition) is 5. The molecule has 0 heterocycles. The van der Waals surface area contributed by atoms with Gasteiger partial charge in [-0.3, -0.25) is 4.79 Å². The summed E-state index contributed by atoms with van der Waals surface area (Å²) in [5, 5.41) is 11.3. The van der Waals surface area contributed by atoms with E-state index in [1.807, 2.05) is 0 Å². The Morgan fingerprint density at radius 3 is 2.41 bits per heavy atom. The van der Waals surface area contributed by atoms with Crippen LogP contribution in [-0.2, 0) is 26.1 Å². The van der Waals surface area contributed by atoms with Gasteiger partial charge >= 0.3 is 0 Å². The Balaban J connectivity index is 2.64. The third-order valence-corrected chi connectivity index (χ3v) is 4.72. The number of ether oxygens (including phenoxy) is 1. The summed E-state index contributed by atoms with van der Waals surface area (Å²) in [5.41, 5.74) is 0.817. The van der Waals surface area contributed by atoms with Crippen molar-refractivity contribution in [2.45, 2.75) is 31.7 Å². The molecule has 0 fully saturated rings. The number of nitrogens with zero attached hydrogens (tertiary/aromatic N) is 2. The first-order valence-electron chi connectivity index (χ1n) is 9.51. The van der Waals surface area contributed by atoms with E-state index in [-0.39, 0.29) is 17.3 Å². The number of nitrogens with two attached hydrogens (primary N) is 1. The lowest BCUT2D eigenvalue weighted by molar-refractivity contribution is -0.127. The molecule has 0 unspecified atom stereocenters. The van der Waals surface area contributed by atoms with Crippen molar-refractivity contribution in [2.75, 3.05) is 40.4 Å². The largest absolute Gasteiger partial charge is 0.381 e. The third-order valence-electron chi connectivity index (χ3n) is 3.79. The minimum atomic E-state index is -3.72. The molecular formula is C19H33N5O4S. The number of benzene rings is 1. The number of carbonyl (C=O) groups excluding carboxylic acids is 1. The second-order valence-corrected chi connectivity index (χ2v) is 8.81. The molecule has 0 saturated carbocycles. The van der Waals surface area contributed by atoms with Gasteiger partial charge in [0.25, 0.3) is 0 Å². The van der Waals surface area contributed by atoms with E-state index in [4.69, 9.17) is 9.88 Å². The summed E-state index contributed by atoms with van der Waals surface area (Å²) in [6.45, 7) is 6.65. The summed E-state index contributed by atoms with van der Waals surface area (Å²) in [6.07, 6.45) is 0.804. The fraction of sp³-hybridized carbons (Fsp3) is 0.579. The van der Waals surface area contributed by atoms with E-state index in [2.05, 4.69) is 29.5 Å². The standard InChI is InChI=1S/C19H33N5O4S/c1-15(2)14-28-11-5-10-21-19(23-13-18(25)24(3)4)22-12-16-6-8-17(9-7-16)29(20,26)27/h6-9,15H,5,10-14H2,1-4H3,(H2,20,26,27)(H2,21,22,23). The molecule has 0 aliphatic heterocycles. The van der Waals surface area contributed by atoms with Gasteiger partial charge in [0.1, 0.15) is 0 Å². The van der Waals surface area contributed by atoms with Crippen molar-refractivity contribution in [3.63, 3.8) is 0 Å². The first-order chi connectivity index (χ1) is 13.6. The highest BCUT2D eigenvalue weighted by atomic mass is 32.2. The number of aliphatic imine (C=N–C) groups is 1. The number of nitrogens with one attached hydrogen (secondary N) is 2. The molecule has 1 aromatic rings. The van der Waals surface area contributed by atoms with Gasteiger partial charge in [0, 0.05) is 33.9 Å². The number of guanidine groups is 1. The number of carbonyl (C=O) groups is 1. The van der Waals surface area contributed by atoms with Crippen LogP contribution >= 0.6 is 0 Å². The van der Waals surface area contributed by atoms with Crippen LogP contribution in [0, 0.1) is 5.92 Å². The lowest BCUT2D eigenvalue weighted by Gasteiger charge is -2.15. The summed E-state index contributed by atoms with van der Waals surface area (Å²) in [7, 11) is -0.341. The van der Waals surface area contributed by atoms with E-state index in [1.165, 1.54) is 17.0 Å². The number of primary sulfonamides is 1. The van der Waals surface area contributed by atoms with E-state index in [0.29, 0.717) is 31.6 Å². The molecule has 10 heteroatoms. The van der Waals surface area contributed by atoms with Gasteiger partial charge < -0.3 is 20.3 Å². The van der Waals surface area contributed by atoms with Gasteiger partial charge in [-0.1, -0.05) is 26.0 Å². The van der Waals surface area contributed by atoms with Crippen molar-refractivity contribution >= 4 is 21.9 Å². The van der Waals surface area contributed by atoms with E-state index < -0.39 is 10.0 Å². The average Bonchev–Trinajstić information content (AvgIpc) is 2.64. The zero-order valence-corrected chi connectivity index (χ0v) is 18.5. The molecule has 164 valence electrons. The van der Waals surface area contributed by atoms with Gasteiger partial charge in [-0.2, -0.15) is 0 Å². The summed E-state index contributed by atoms with van der Waals surface area (Å²) in [4.78, 5) is 17.8. The Labute approximate surface area is 173 Å². The highest BCUT2D eigenvalue weighted by Crippen LogP contribution is 2.09. The van der Waals surface area contributed by atoms with Crippen LogP contribution in [0.5, 0.6) is 0 Å². The number of sulfonamides is 1. The van der Waals surface area contributed by atoms with Crippen LogP contribution in [0.4, 0.5) is 0 Å². The molecule has 1 amide bonds. The van der Waals surface area contributed by atoms with E-state index in [0.717, 1.165) is 18.6 Å². The Bertz CT molecular complexity index is 761. The van der Waals surface area contributed by atoms with Crippen LogP contribution in [0.3, 0.4) is 0 Å². The maximum absolute atomic E-state index is 11.8. The average molecular weight is 428 g/mol. The Morgan fingerprint density at radius 2 is 1.86 bits per heavy atom. The highest BCUT2D eigenvalue weighted by molar-refractivity contribution is 7.89. The smallest absolute Gasteiger partial charge is 0.241 e. The first kappa shape index (κ1) is 24.9. The molecule has 1 aromatic carbocycles. The molecule has 1 rings (SSSR count). The summed E-state index contributed by atoms with van der Waals surface area (Å²) in [6, 6.07) is 6.21. The maximum Gasteiger partial charge on any atom is 0.241 e. The van der Waals surface area contributed by atoms with Crippen LogP contribution in [0.25, 0.3) is 0 Å². The van der Waals surface area contributed by atoms with Crippen molar-refractivity contribution in [3.05, 3.63) is 29.8 Å². The van der Waals surface area contributed by atoms with Crippen molar-refractivity contribution in [1.82, 2.24) is 15.5 Å². The second kappa shape index (κ2) is 12.4. The Morgan fingerprint density at radius 1 is 1.21 bits per heavy atom. The third kappa shape index (κ3) is 10.8. The lowest BCUT2D eigenvalue weighted by atomic mass is 10.2. The minimum absolute atomic E-state index is 0.0553. The van der Waals surface area contributed by atoms with Crippen LogP contribution in [-0.4, -0.2) is 65.6 Å². The normalized spacial score (nSPS) is 12.1. The van der Waals surface area contributed by atoms with Gasteiger partial charge in [0.05, 0.1) is 18.0 Å². The number of likely N-dealkylation sites (N-methyl/N-ethyl adjacent to an activating group) is 1. The molecule has 29 heavy (non-hydrogen) atoms. The number of amides is 1. The van der Waals surface area contributed by atoms with Crippen LogP contribution in [0.15, 0.2) is 34.2 Å². The molecule has 0 aromatic heterocycles. The number of hydrogen-bond donors (Lipinski definition) is 3. The zero-order valence-electron chi connectivity index (χ0n) is 17.6. The molecule has 0 aliphatic rings. The van der Waals surface area contributed by atoms with E-state index >= 15 is 0 Å². The van der Waals surface area contributed by atoms with Gasteiger partial charge in [-0.05, 0) is 30.0 Å². The first-order valence-corrected chi connectivity index (χ1v) is 11.1. The van der Waals surface area contributed by atoms with Gasteiger partial charge in [0.15, 0.2) is 5.96 Å². The van der Waals surface area contributed by atoms with Crippen molar-refractivity contribution in [3.8, 4) is 0 Å². The fourth-order valence-corrected chi connectivity index (χ4v) is 2.66. The molecule has 0 spiro atoms. The molecule has 4 N–H and O–H groups in total. The predicted molar refractivity (Wildman–Crippen MR) is 114 cm³/mol. The van der Waals surface area contributed by atoms with Crippen molar-refractivity contribution < 1.29 is 17.9 Å². The molecule has 0 atom stereocenters. The quantitative estimate of drug-likeness (QED) is 0.268. The van der Waals surface area contributed by atoms with Gasteiger partial charge in [-0.15, -0.1) is 0 Å². The van der Waals surface area contributed by atoms with Crippen LogP contribution in [0.1, 0.15) is 25.8 Å². The molecular weight excluding hydrogens is 394 g/mol. The van der Waals surface area contributed by atoms with Gasteiger partial charge in [-0.25, -0.2) is 18.5 Å². The predicted octanol–water partition coefficient (Wildman–Crippen LogP) is 0.520. The Kier molecular flexibility index (Phi) is 10.6. The molecule has 0 bridgehead atoms. The summed E-state index contributed by atoms with van der Waals surface area (Å²) in [5.74, 6) is 0.927. The topological polar surface area (TPSA) is 126 Å². The van der Waals surface area contributed by atoms with Gasteiger partial charge in [0.2, 0.25) is 15.9 Å². The van der Waals surface area contributed by atoms with Crippen LogP contribution in [0.2, 0.25) is 0 Å². The lowest BCUT2D eigenvalue weighted by Crippen LogP contribution is -2.43. The molecule has 0 radical (unpaired) electrons. The molecule has 0 saturated heterocycles. The van der Waals surface area contributed by atoms with Crippen LogP contribution < -0.4 is 15.8 Å². The van der Waals surface area contributed by atoms with E-state index in [9.17, 15) is 13.2 Å². The fourth-order valence-electron chi connectivity index (χ4n) is 2.15. The maximum atomic E-state index is 11.8. The monoisotopic (exact) mass is 427 g/mol. The zero-order chi connectivity index (χ0) is 21.9. The Hall–Kier alpha value is -2.17. The molecule has 9 nitrogen and oxygen atoms in total. The summed E-state index contributed by atoms with van der Waals surface area (Å²) >= 11 is 0.